The number of hydrogen-bond donors (Lipinski definition) is 1. The van der Waals surface area contributed by atoms with Gasteiger partial charge in [0.05, 0.1) is 18.1 Å². The van der Waals surface area contributed by atoms with Crippen LogP contribution in [0.1, 0.15) is 55.7 Å². The summed E-state index contributed by atoms with van der Waals surface area (Å²) >= 11 is 0. The molecule has 4 rings (SSSR count). The van der Waals surface area contributed by atoms with Crippen LogP contribution in [-0.2, 0) is 9.53 Å². The minimum absolute atomic E-state index is 0.0353. The number of nitrogens with one attached hydrogen (secondary N) is 1. The second-order valence-corrected chi connectivity index (χ2v) is 8.25. The number of fused-ring (bicyclic) bond motifs is 1. The van der Waals surface area contributed by atoms with Crippen LogP contribution in [-0.4, -0.2) is 51.4 Å². The molecule has 9 nitrogen and oxygen atoms in total. The van der Waals surface area contributed by atoms with Gasteiger partial charge in [-0.3, -0.25) is 4.79 Å². The molecule has 1 fully saturated rings. The summed E-state index contributed by atoms with van der Waals surface area (Å²) in [4.78, 5) is 26.8. The molecule has 2 aromatic heterocycles. The van der Waals surface area contributed by atoms with Gasteiger partial charge in [-0.1, -0.05) is 13.8 Å². The second-order valence-electron chi connectivity index (χ2n) is 8.25. The van der Waals surface area contributed by atoms with Gasteiger partial charge in [0.15, 0.2) is 11.5 Å². The van der Waals surface area contributed by atoms with Gasteiger partial charge in [0.2, 0.25) is 5.91 Å². The topological polar surface area (TPSA) is 102 Å². The number of benzene rings is 1. The summed E-state index contributed by atoms with van der Waals surface area (Å²) in [5.74, 6) is 1.28. The third-order valence-electron chi connectivity index (χ3n) is 5.57. The summed E-state index contributed by atoms with van der Waals surface area (Å²) in [5, 5.41) is 16.1. The number of carbonyl (C=O) groups is 2. The monoisotopic (exact) mass is 436 g/mol. The number of carbonyl (C=O) groups excluding carboxylic acids is 2. The highest BCUT2D eigenvalue weighted by atomic mass is 16.5. The third-order valence-corrected chi connectivity index (χ3v) is 5.57. The van der Waals surface area contributed by atoms with Crippen LogP contribution in [0.5, 0.6) is 0 Å². The maximum Gasteiger partial charge on any atom is 0.338 e. The maximum atomic E-state index is 12.9. The molecule has 0 aliphatic carbocycles. The summed E-state index contributed by atoms with van der Waals surface area (Å²) in [6.45, 7) is 7.65. The van der Waals surface area contributed by atoms with Gasteiger partial charge in [0.1, 0.15) is 5.82 Å². The third kappa shape index (κ3) is 4.56. The molecule has 0 bridgehead atoms. The van der Waals surface area contributed by atoms with Crippen LogP contribution in [0, 0.1) is 5.92 Å². The first-order valence-electron chi connectivity index (χ1n) is 11.0. The Morgan fingerprint density at radius 2 is 1.94 bits per heavy atom. The van der Waals surface area contributed by atoms with Crippen molar-refractivity contribution in [2.45, 2.75) is 39.5 Å². The van der Waals surface area contributed by atoms with Crippen molar-refractivity contribution >= 4 is 29.0 Å². The van der Waals surface area contributed by atoms with Gasteiger partial charge in [-0.15, -0.1) is 15.3 Å². The molecule has 1 N–H and O–H groups in total. The summed E-state index contributed by atoms with van der Waals surface area (Å²) < 4.78 is 6.78. The zero-order valence-electron chi connectivity index (χ0n) is 18.6. The fraction of sp³-hybridized carbons (Fsp3) is 0.435. The van der Waals surface area contributed by atoms with E-state index in [0.29, 0.717) is 24.4 Å². The van der Waals surface area contributed by atoms with Gasteiger partial charge in [-0.2, -0.15) is 4.52 Å². The lowest BCUT2D eigenvalue weighted by molar-refractivity contribution is -0.120. The van der Waals surface area contributed by atoms with Crippen LogP contribution < -0.4 is 10.2 Å². The van der Waals surface area contributed by atoms with E-state index in [9.17, 15) is 9.59 Å². The van der Waals surface area contributed by atoms with E-state index in [1.54, 1.807) is 35.7 Å². The van der Waals surface area contributed by atoms with Crippen LogP contribution in [0.4, 0.5) is 11.5 Å². The number of piperidine rings is 1. The summed E-state index contributed by atoms with van der Waals surface area (Å²) in [6.07, 6.45) is 1.72. The van der Waals surface area contributed by atoms with Crippen molar-refractivity contribution in [2.24, 2.45) is 5.92 Å². The average molecular weight is 437 g/mol. The Morgan fingerprint density at radius 1 is 1.16 bits per heavy atom. The fourth-order valence-electron chi connectivity index (χ4n) is 3.87. The van der Waals surface area contributed by atoms with Gasteiger partial charge in [-0.25, -0.2) is 4.79 Å². The number of aromatic nitrogens is 4. The molecule has 0 spiro atoms. The highest BCUT2D eigenvalue weighted by Gasteiger charge is 2.27. The molecule has 3 heterocycles. The molecule has 1 aromatic carbocycles. The number of amides is 1. The predicted molar refractivity (Wildman–Crippen MR) is 121 cm³/mol. The van der Waals surface area contributed by atoms with E-state index in [1.807, 2.05) is 12.1 Å². The first kappa shape index (κ1) is 21.7. The Balaban J connectivity index is 1.43. The van der Waals surface area contributed by atoms with E-state index in [-0.39, 0.29) is 23.7 Å². The standard InChI is InChI=1S/C23H28N6O3/c1-4-32-23(31)16-7-9-18(10-8-16)24-22(30)17-6-5-13-28(14-17)20-12-11-19-25-26-21(15(2)3)29(19)27-20/h7-12,15,17H,4-6,13-14H2,1-3H3,(H,24,30)/t17-/m1/s1. The molecule has 3 aromatic rings. The number of anilines is 2. The van der Waals surface area contributed by atoms with Gasteiger partial charge in [0.25, 0.3) is 0 Å². The van der Waals surface area contributed by atoms with E-state index in [4.69, 9.17) is 9.84 Å². The quantitative estimate of drug-likeness (QED) is 0.592. The van der Waals surface area contributed by atoms with Crippen molar-refractivity contribution < 1.29 is 14.3 Å². The second kappa shape index (κ2) is 9.33. The van der Waals surface area contributed by atoms with Crippen LogP contribution in [0.3, 0.4) is 0 Å². The molecule has 0 radical (unpaired) electrons. The molecule has 32 heavy (non-hydrogen) atoms. The normalized spacial score (nSPS) is 16.4. The Labute approximate surface area is 186 Å². The van der Waals surface area contributed by atoms with Crippen LogP contribution >= 0.6 is 0 Å². The lowest BCUT2D eigenvalue weighted by atomic mass is 9.97. The number of hydrogen-bond acceptors (Lipinski definition) is 7. The molecule has 0 unspecified atom stereocenters. The van der Waals surface area contributed by atoms with Crippen LogP contribution in [0.15, 0.2) is 36.4 Å². The van der Waals surface area contributed by atoms with Crippen molar-refractivity contribution in [1.82, 2.24) is 19.8 Å². The predicted octanol–water partition coefficient (Wildman–Crippen LogP) is 3.28. The minimum Gasteiger partial charge on any atom is -0.462 e. The zero-order chi connectivity index (χ0) is 22.7. The summed E-state index contributed by atoms with van der Waals surface area (Å²) in [5.41, 5.74) is 1.84. The Kier molecular flexibility index (Phi) is 6.34. The van der Waals surface area contributed by atoms with Crippen LogP contribution in [0.2, 0.25) is 0 Å². The van der Waals surface area contributed by atoms with Gasteiger partial charge < -0.3 is 15.0 Å². The number of rotatable bonds is 6. The van der Waals surface area contributed by atoms with E-state index in [0.717, 1.165) is 36.7 Å². The van der Waals surface area contributed by atoms with Crippen molar-refractivity contribution in [3.05, 3.63) is 47.8 Å². The van der Waals surface area contributed by atoms with E-state index >= 15 is 0 Å². The first-order valence-corrected chi connectivity index (χ1v) is 11.0. The van der Waals surface area contributed by atoms with Gasteiger partial charge >= 0.3 is 5.97 Å². The Hall–Kier alpha value is -3.49. The molecular formula is C23H28N6O3. The number of ether oxygens (including phenoxy) is 1. The number of nitrogens with zero attached hydrogens (tertiary/aromatic N) is 5. The zero-order valence-corrected chi connectivity index (χ0v) is 18.6. The molecule has 1 atom stereocenters. The van der Waals surface area contributed by atoms with Crippen molar-refractivity contribution in [3.63, 3.8) is 0 Å². The summed E-state index contributed by atoms with van der Waals surface area (Å²) in [7, 11) is 0. The molecule has 0 saturated carbocycles. The van der Waals surface area contributed by atoms with E-state index in [2.05, 4.69) is 34.3 Å². The molecule has 1 saturated heterocycles. The van der Waals surface area contributed by atoms with Crippen LogP contribution in [0.25, 0.3) is 5.65 Å². The van der Waals surface area contributed by atoms with E-state index < -0.39 is 0 Å². The first-order chi connectivity index (χ1) is 15.5. The SMILES string of the molecule is CCOC(=O)c1ccc(NC(=O)[C@@H]2CCCN(c3ccc4nnc(C(C)C)n4n3)C2)cc1. The van der Waals surface area contributed by atoms with E-state index in [1.165, 1.54) is 0 Å². The molecule has 168 valence electrons. The smallest absolute Gasteiger partial charge is 0.338 e. The maximum absolute atomic E-state index is 12.9. The highest BCUT2D eigenvalue weighted by Crippen LogP contribution is 2.24. The van der Waals surface area contributed by atoms with Gasteiger partial charge in [0, 0.05) is 24.7 Å². The largest absolute Gasteiger partial charge is 0.462 e. The molecule has 1 aliphatic heterocycles. The molecule has 1 aliphatic rings. The van der Waals surface area contributed by atoms with Crippen molar-refractivity contribution in [3.8, 4) is 0 Å². The molecular weight excluding hydrogens is 408 g/mol. The highest BCUT2D eigenvalue weighted by molar-refractivity contribution is 5.94. The number of esters is 1. The lowest BCUT2D eigenvalue weighted by Crippen LogP contribution is -2.41. The Morgan fingerprint density at radius 3 is 2.66 bits per heavy atom. The van der Waals surface area contributed by atoms with Crippen molar-refractivity contribution in [2.75, 3.05) is 29.9 Å². The molecule has 9 heteroatoms. The molecule has 1 amide bonds. The minimum atomic E-state index is -0.369. The average Bonchev–Trinajstić information content (AvgIpc) is 3.23. The van der Waals surface area contributed by atoms with Gasteiger partial charge in [-0.05, 0) is 56.2 Å². The fourth-order valence-corrected chi connectivity index (χ4v) is 3.87. The van der Waals surface area contributed by atoms with Crippen molar-refractivity contribution in [1.29, 1.82) is 0 Å². The Bertz CT molecular complexity index is 1110. The lowest BCUT2D eigenvalue weighted by Gasteiger charge is -2.32. The summed E-state index contributed by atoms with van der Waals surface area (Å²) in [6, 6.07) is 10.6.